The third-order valence-corrected chi connectivity index (χ3v) is 3.41. The van der Waals surface area contributed by atoms with E-state index in [1.54, 1.807) is 0 Å². The van der Waals surface area contributed by atoms with Crippen LogP contribution in [0.25, 0.3) is 0 Å². The van der Waals surface area contributed by atoms with E-state index in [1.807, 2.05) is 20.8 Å². The Labute approximate surface area is 110 Å². The Morgan fingerprint density at radius 3 is 2.61 bits per heavy atom. The average molecular weight is 257 g/mol. The predicted octanol–water partition coefficient (Wildman–Crippen LogP) is 2.12. The molecule has 1 rings (SSSR count). The number of ether oxygens (including phenoxy) is 2. The van der Waals surface area contributed by atoms with Gasteiger partial charge in [0.1, 0.15) is 5.54 Å². The second kappa shape index (κ2) is 7.74. The first-order valence-electron chi connectivity index (χ1n) is 7.12. The van der Waals surface area contributed by atoms with E-state index in [-0.39, 0.29) is 5.97 Å². The molecule has 4 heteroatoms. The smallest absolute Gasteiger partial charge is 0.326 e. The van der Waals surface area contributed by atoms with E-state index in [4.69, 9.17) is 9.47 Å². The highest BCUT2D eigenvalue weighted by Crippen LogP contribution is 2.32. The van der Waals surface area contributed by atoms with Crippen molar-refractivity contribution < 1.29 is 14.3 Å². The van der Waals surface area contributed by atoms with Crippen molar-refractivity contribution in [1.29, 1.82) is 0 Å². The van der Waals surface area contributed by atoms with Crippen LogP contribution < -0.4 is 5.32 Å². The molecule has 1 atom stereocenters. The standard InChI is InChI=1S/C14H27NO3/c1-4-15-14(3,13(16)18-5-2)9-11-17-10-8-12-6-7-12/h12,15H,4-11H2,1-3H3. The van der Waals surface area contributed by atoms with Crippen LogP contribution in [-0.4, -0.2) is 37.9 Å². The molecule has 0 aromatic heterocycles. The highest BCUT2D eigenvalue weighted by Gasteiger charge is 2.33. The van der Waals surface area contributed by atoms with Crippen LogP contribution in [0.3, 0.4) is 0 Å². The normalized spacial score (nSPS) is 18.4. The molecule has 0 aliphatic heterocycles. The van der Waals surface area contributed by atoms with E-state index in [2.05, 4.69) is 5.32 Å². The summed E-state index contributed by atoms with van der Waals surface area (Å²) in [6.45, 7) is 8.30. The van der Waals surface area contributed by atoms with Crippen LogP contribution in [0.15, 0.2) is 0 Å². The first-order chi connectivity index (χ1) is 8.62. The molecule has 4 nitrogen and oxygen atoms in total. The molecule has 0 bridgehead atoms. The zero-order valence-electron chi connectivity index (χ0n) is 12.0. The van der Waals surface area contributed by atoms with Gasteiger partial charge in [0, 0.05) is 13.2 Å². The molecule has 106 valence electrons. The van der Waals surface area contributed by atoms with Gasteiger partial charge in [-0.3, -0.25) is 4.79 Å². The van der Waals surface area contributed by atoms with E-state index in [1.165, 1.54) is 12.8 Å². The van der Waals surface area contributed by atoms with Gasteiger partial charge >= 0.3 is 5.97 Å². The lowest BCUT2D eigenvalue weighted by atomic mass is 9.98. The summed E-state index contributed by atoms with van der Waals surface area (Å²) in [5.74, 6) is 0.716. The molecular formula is C14H27NO3. The molecule has 0 saturated heterocycles. The van der Waals surface area contributed by atoms with E-state index < -0.39 is 5.54 Å². The van der Waals surface area contributed by atoms with Crippen LogP contribution in [0.4, 0.5) is 0 Å². The van der Waals surface area contributed by atoms with E-state index in [0.717, 1.165) is 25.5 Å². The van der Waals surface area contributed by atoms with Gasteiger partial charge in [-0.25, -0.2) is 0 Å². The summed E-state index contributed by atoms with van der Waals surface area (Å²) in [4.78, 5) is 11.9. The summed E-state index contributed by atoms with van der Waals surface area (Å²) >= 11 is 0. The van der Waals surface area contributed by atoms with Crippen molar-refractivity contribution in [2.75, 3.05) is 26.4 Å². The molecule has 1 aliphatic carbocycles. The molecule has 1 fully saturated rings. The molecule has 1 unspecified atom stereocenters. The second-order valence-electron chi connectivity index (χ2n) is 5.18. The predicted molar refractivity (Wildman–Crippen MR) is 71.5 cm³/mol. The molecular weight excluding hydrogens is 230 g/mol. The minimum absolute atomic E-state index is 0.183. The van der Waals surface area contributed by atoms with Gasteiger partial charge in [-0.2, -0.15) is 0 Å². The van der Waals surface area contributed by atoms with Crippen LogP contribution >= 0.6 is 0 Å². The third kappa shape index (κ3) is 5.36. The molecule has 0 amide bonds. The number of likely N-dealkylation sites (N-methyl/N-ethyl adjacent to an activating group) is 1. The largest absolute Gasteiger partial charge is 0.465 e. The van der Waals surface area contributed by atoms with Crippen LogP contribution in [0.1, 0.15) is 46.5 Å². The first-order valence-corrected chi connectivity index (χ1v) is 7.12. The molecule has 18 heavy (non-hydrogen) atoms. The lowest BCUT2D eigenvalue weighted by Crippen LogP contribution is -2.51. The van der Waals surface area contributed by atoms with Gasteiger partial charge < -0.3 is 14.8 Å². The van der Waals surface area contributed by atoms with Crippen molar-refractivity contribution in [3.63, 3.8) is 0 Å². The topological polar surface area (TPSA) is 47.6 Å². The highest BCUT2D eigenvalue weighted by atomic mass is 16.5. The Hall–Kier alpha value is -0.610. The number of esters is 1. The summed E-state index contributed by atoms with van der Waals surface area (Å²) in [6, 6.07) is 0. The summed E-state index contributed by atoms with van der Waals surface area (Å²) < 4.78 is 10.7. The number of hydrogen-bond donors (Lipinski definition) is 1. The van der Waals surface area contributed by atoms with Crippen LogP contribution in [0.2, 0.25) is 0 Å². The molecule has 1 aliphatic rings. The Morgan fingerprint density at radius 1 is 1.33 bits per heavy atom. The first kappa shape index (κ1) is 15.4. The fourth-order valence-electron chi connectivity index (χ4n) is 1.98. The molecule has 0 heterocycles. The lowest BCUT2D eigenvalue weighted by Gasteiger charge is -2.27. The maximum absolute atomic E-state index is 11.9. The van der Waals surface area contributed by atoms with Gasteiger partial charge in [-0.15, -0.1) is 0 Å². The quantitative estimate of drug-likeness (QED) is 0.481. The summed E-state index contributed by atoms with van der Waals surface area (Å²) in [5, 5.41) is 3.20. The van der Waals surface area contributed by atoms with E-state index >= 15 is 0 Å². The summed E-state index contributed by atoms with van der Waals surface area (Å²) in [7, 11) is 0. The summed E-state index contributed by atoms with van der Waals surface area (Å²) in [6.07, 6.45) is 4.55. The Morgan fingerprint density at radius 2 is 2.06 bits per heavy atom. The van der Waals surface area contributed by atoms with Gasteiger partial charge in [0.2, 0.25) is 0 Å². The highest BCUT2D eigenvalue weighted by molar-refractivity contribution is 5.80. The number of hydrogen-bond acceptors (Lipinski definition) is 4. The molecule has 0 aromatic rings. The monoisotopic (exact) mass is 257 g/mol. The third-order valence-electron chi connectivity index (χ3n) is 3.41. The van der Waals surface area contributed by atoms with Crippen molar-refractivity contribution in [2.45, 2.75) is 52.0 Å². The van der Waals surface area contributed by atoms with Gasteiger partial charge in [-0.05, 0) is 39.2 Å². The molecule has 1 N–H and O–H groups in total. The zero-order valence-corrected chi connectivity index (χ0v) is 12.0. The fourth-order valence-corrected chi connectivity index (χ4v) is 1.98. The van der Waals surface area contributed by atoms with Crippen LogP contribution in [-0.2, 0) is 14.3 Å². The number of carbonyl (C=O) groups excluding carboxylic acids is 1. The van der Waals surface area contributed by atoms with Crippen molar-refractivity contribution in [1.82, 2.24) is 5.32 Å². The lowest BCUT2D eigenvalue weighted by molar-refractivity contribution is -0.151. The SMILES string of the molecule is CCNC(C)(CCOCCC1CC1)C(=O)OCC. The van der Waals surface area contributed by atoms with Gasteiger partial charge in [0.05, 0.1) is 6.61 Å². The van der Waals surface area contributed by atoms with Gasteiger partial charge in [0.25, 0.3) is 0 Å². The van der Waals surface area contributed by atoms with Gasteiger partial charge in [-0.1, -0.05) is 19.8 Å². The zero-order chi connectivity index (χ0) is 13.4. The van der Waals surface area contributed by atoms with Gasteiger partial charge in [0.15, 0.2) is 0 Å². The second-order valence-corrected chi connectivity index (χ2v) is 5.18. The van der Waals surface area contributed by atoms with E-state index in [0.29, 0.717) is 19.6 Å². The Bertz CT molecular complexity index is 253. The van der Waals surface area contributed by atoms with Crippen LogP contribution in [0.5, 0.6) is 0 Å². The van der Waals surface area contributed by atoms with Crippen molar-refractivity contribution in [2.24, 2.45) is 5.92 Å². The van der Waals surface area contributed by atoms with Crippen molar-refractivity contribution in [3.8, 4) is 0 Å². The minimum atomic E-state index is -0.621. The summed E-state index contributed by atoms with van der Waals surface area (Å²) in [5.41, 5.74) is -0.621. The van der Waals surface area contributed by atoms with Crippen molar-refractivity contribution >= 4 is 5.97 Å². The molecule has 0 aromatic carbocycles. The molecule has 0 radical (unpaired) electrons. The number of rotatable bonds is 10. The number of carbonyl (C=O) groups is 1. The van der Waals surface area contributed by atoms with Crippen molar-refractivity contribution in [3.05, 3.63) is 0 Å². The molecule has 0 spiro atoms. The average Bonchev–Trinajstić information content (AvgIpc) is 3.13. The van der Waals surface area contributed by atoms with E-state index in [9.17, 15) is 4.79 Å². The fraction of sp³-hybridized carbons (Fsp3) is 0.929. The Balaban J connectivity index is 2.23. The molecule has 1 saturated carbocycles. The minimum Gasteiger partial charge on any atom is -0.465 e. The number of nitrogens with one attached hydrogen (secondary N) is 1. The Kier molecular flexibility index (Phi) is 6.65. The maximum Gasteiger partial charge on any atom is 0.326 e. The maximum atomic E-state index is 11.9. The van der Waals surface area contributed by atoms with Crippen LogP contribution in [0, 0.1) is 5.92 Å².